The number of halogens is 1. The van der Waals surface area contributed by atoms with Crippen molar-refractivity contribution >= 4 is 34.2 Å². The topological polar surface area (TPSA) is 78.9 Å². The number of nitrogens with one attached hydrogen (secondary N) is 1. The van der Waals surface area contributed by atoms with E-state index >= 15 is 0 Å². The van der Waals surface area contributed by atoms with E-state index in [0.717, 1.165) is 74.5 Å². The van der Waals surface area contributed by atoms with E-state index in [4.69, 9.17) is 16.3 Å². The summed E-state index contributed by atoms with van der Waals surface area (Å²) in [5.74, 6) is 1.71. The molecule has 2 heterocycles. The van der Waals surface area contributed by atoms with Crippen LogP contribution in [0.1, 0.15) is 92.1 Å². The van der Waals surface area contributed by atoms with Crippen molar-refractivity contribution in [1.82, 2.24) is 4.72 Å². The standard InChI is InChI=1S/C35H45ClN2O4S/c1-2-6-24-18-28(36)13-15-30(24)27-21-38-20-26-11-14-31(26)33(39)10-4-3-9-29(17-23-7-5-8-23)43(41)37-35(40)25-12-16-34(42-22-27)32(38)19-25/h4,10,12-13,15-16,18-19,23,26-27,29,31,33,39H,2-3,5-9,11,14,17,20-22H2,1H3,(H,37,40)/b10-4+/t26?,27?,29?,31-,33?,43?/m1/s1. The summed E-state index contributed by atoms with van der Waals surface area (Å²) in [6.07, 6.45) is 13.5. The van der Waals surface area contributed by atoms with Crippen molar-refractivity contribution in [2.24, 2.45) is 17.8 Å². The number of anilines is 1. The minimum absolute atomic E-state index is 0.0986. The molecule has 2 fully saturated rings. The van der Waals surface area contributed by atoms with E-state index in [1.807, 2.05) is 24.3 Å². The van der Waals surface area contributed by atoms with E-state index < -0.39 is 17.1 Å². The quantitative estimate of drug-likeness (QED) is 0.352. The lowest BCUT2D eigenvalue weighted by Crippen LogP contribution is -2.44. The Bertz CT molecular complexity index is 1360. The van der Waals surface area contributed by atoms with Gasteiger partial charge < -0.3 is 14.7 Å². The molecule has 2 saturated carbocycles. The number of rotatable bonds is 5. The van der Waals surface area contributed by atoms with Crippen LogP contribution >= 0.6 is 11.6 Å². The summed E-state index contributed by atoms with van der Waals surface area (Å²) in [7, 11) is -1.48. The van der Waals surface area contributed by atoms with Gasteiger partial charge in [-0.05, 0) is 97.7 Å². The Morgan fingerprint density at radius 3 is 2.70 bits per heavy atom. The van der Waals surface area contributed by atoms with Crippen molar-refractivity contribution in [3.05, 3.63) is 70.3 Å². The van der Waals surface area contributed by atoms with Crippen LogP contribution in [-0.2, 0) is 17.4 Å². The smallest absolute Gasteiger partial charge is 0.263 e. The number of allylic oxidation sites excluding steroid dienone is 1. The van der Waals surface area contributed by atoms with Crippen LogP contribution in [0, 0.1) is 17.8 Å². The molecule has 2 N–H and O–H groups in total. The lowest BCUT2D eigenvalue weighted by Gasteiger charge is -2.42. The number of nitrogens with zero attached hydrogens (tertiary/aromatic N) is 1. The maximum atomic E-state index is 13.5. The second kappa shape index (κ2) is 13.7. The third kappa shape index (κ3) is 6.99. The Balaban J connectivity index is 1.33. The van der Waals surface area contributed by atoms with Crippen LogP contribution in [0.2, 0.25) is 5.02 Å². The second-order valence-electron chi connectivity index (χ2n) is 13.1. The molecule has 5 unspecified atom stereocenters. The third-order valence-electron chi connectivity index (χ3n) is 10.2. The van der Waals surface area contributed by atoms with E-state index in [1.54, 1.807) is 6.07 Å². The van der Waals surface area contributed by atoms with Crippen LogP contribution in [0.4, 0.5) is 5.69 Å². The number of benzene rings is 2. The molecule has 0 radical (unpaired) electrons. The van der Waals surface area contributed by atoms with Gasteiger partial charge in [-0.3, -0.25) is 9.52 Å². The highest BCUT2D eigenvalue weighted by Crippen LogP contribution is 2.43. The van der Waals surface area contributed by atoms with Gasteiger partial charge in [-0.25, -0.2) is 4.21 Å². The summed E-state index contributed by atoms with van der Waals surface area (Å²) >= 11 is 6.40. The molecular formula is C35H45ClN2O4S. The first-order valence-electron chi connectivity index (χ1n) is 16.3. The molecule has 8 heteroatoms. The van der Waals surface area contributed by atoms with Crippen LogP contribution < -0.4 is 14.4 Å². The number of aliphatic hydroxyl groups excluding tert-OH is 1. The first-order valence-corrected chi connectivity index (χ1v) is 17.8. The lowest BCUT2D eigenvalue weighted by atomic mass is 9.70. The van der Waals surface area contributed by atoms with E-state index in [9.17, 15) is 14.1 Å². The molecular weight excluding hydrogens is 580 g/mol. The Morgan fingerprint density at radius 2 is 1.95 bits per heavy atom. The summed E-state index contributed by atoms with van der Waals surface area (Å²) < 4.78 is 22.8. The van der Waals surface area contributed by atoms with Crippen molar-refractivity contribution in [3.63, 3.8) is 0 Å². The van der Waals surface area contributed by atoms with Gasteiger partial charge in [-0.15, -0.1) is 0 Å². The fourth-order valence-corrected chi connectivity index (χ4v) is 8.77. The van der Waals surface area contributed by atoms with Gasteiger partial charge in [0.15, 0.2) is 0 Å². The first kappa shape index (κ1) is 30.7. The van der Waals surface area contributed by atoms with Gasteiger partial charge in [0.1, 0.15) is 16.7 Å². The average molecular weight is 625 g/mol. The summed E-state index contributed by atoms with van der Waals surface area (Å²) in [4.78, 5) is 15.9. The largest absolute Gasteiger partial charge is 0.491 e. The second-order valence-corrected chi connectivity index (χ2v) is 15.0. The number of ether oxygens (including phenoxy) is 1. The summed E-state index contributed by atoms with van der Waals surface area (Å²) in [5, 5.41) is 11.8. The molecule has 2 aliphatic carbocycles. The molecule has 0 aromatic heterocycles. The number of carbonyl (C=O) groups is 1. The highest BCUT2D eigenvalue weighted by atomic mass is 35.5. The SMILES string of the molecule is CCCc1cc(Cl)ccc1C1COc2ccc3cc2N(C1)CC1CC[C@H]1C(O)/C=C/CCC(CC1CCC1)S(=O)NC3=O. The third-order valence-corrected chi connectivity index (χ3v) is 11.8. The molecule has 6 nitrogen and oxygen atoms in total. The zero-order valence-electron chi connectivity index (χ0n) is 25.2. The molecule has 6 rings (SSSR count). The van der Waals surface area contributed by atoms with Gasteiger partial charge in [-0.1, -0.05) is 62.4 Å². The monoisotopic (exact) mass is 624 g/mol. The number of aliphatic hydroxyl groups is 1. The van der Waals surface area contributed by atoms with E-state index in [-0.39, 0.29) is 23.0 Å². The number of amides is 1. The maximum Gasteiger partial charge on any atom is 0.263 e. The minimum atomic E-state index is -1.48. The zero-order valence-corrected chi connectivity index (χ0v) is 26.8. The van der Waals surface area contributed by atoms with Crippen LogP contribution in [0.25, 0.3) is 0 Å². The Hall–Kier alpha value is -2.35. The van der Waals surface area contributed by atoms with Gasteiger partial charge in [0.05, 0.1) is 23.6 Å². The molecule has 2 aromatic carbocycles. The molecule has 43 heavy (non-hydrogen) atoms. The predicted molar refractivity (Wildman–Crippen MR) is 174 cm³/mol. The van der Waals surface area contributed by atoms with Crippen molar-refractivity contribution in [2.45, 2.75) is 88.4 Å². The highest BCUT2D eigenvalue weighted by molar-refractivity contribution is 7.84. The van der Waals surface area contributed by atoms with E-state index in [1.165, 1.54) is 30.4 Å². The summed E-state index contributed by atoms with van der Waals surface area (Å²) in [6.45, 7) is 4.22. The van der Waals surface area contributed by atoms with Crippen LogP contribution in [0.3, 0.4) is 0 Å². The molecule has 1 amide bonds. The molecule has 232 valence electrons. The Labute approximate surface area is 263 Å². The van der Waals surface area contributed by atoms with Crippen molar-refractivity contribution in [3.8, 4) is 5.75 Å². The highest BCUT2D eigenvalue weighted by Gasteiger charge is 2.38. The zero-order chi connectivity index (χ0) is 29.9. The van der Waals surface area contributed by atoms with Crippen molar-refractivity contribution < 1.29 is 18.8 Å². The first-order chi connectivity index (χ1) is 20.9. The molecule has 2 aromatic rings. The predicted octanol–water partition coefficient (Wildman–Crippen LogP) is 6.96. The Morgan fingerprint density at radius 1 is 1.09 bits per heavy atom. The molecule has 2 bridgehead atoms. The number of hydrogen-bond donors (Lipinski definition) is 2. The van der Waals surface area contributed by atoms with Crippen LogP contribution in [0.5, 0.6) is 5.75 Å². The molecule has 0 saturated heterocycles. The fraction of sp³-hybridized carbons (Fsp3) is 0.571. The lowest BCUT2D eigenvalue weighted by molar-refractivity contribution is 0.0461. The maximum absolute atomic E-state index is 13.5. The summed E-state index contributed by atoms with van der Waals surface area (Å²) in [6, 6.07) is 11.8. The fourth-order valence-electron chi connectivity index (χ4n) is 7.32. The van der Waals surface area contributed by atoms with Gasteiger partial charge in [-0.2, -0.15) is 0 Å². The molecule has 2 aliphatic heterocycles. The molecule has 4 aliphatic rings. The van der Waals surface area contributed by atoms with Gasteiger partial charge in [0.2, 0.25) is 0 Å². The minimum Gasteiger partial charge on any atom is -0.491 e. The normalized spacial score (nSPS) is 30.6. The van der Waals surface area contributed by atoms with Gasteiger partial charge in [0, 0.05) is 29.6 Å². The number of carbonyl (C=O) groups excluding carboxylic acids is 1. The number of aryl methyl sites for hydroxylation is 1. The van der Waals surface area contributed by atoms with E-state index in [0.29, 0.717) is 24.0 Å². The van der Waals surface area contributed by atoms with E-state index in [2.05, 4.69) is 34.8 Å². The average Bonchev–Trinajstić information content (AvgIpc) is 3.12. The molecule has 6 atom stereocenters. The van der Waals surface area contributed by atoms with Crippen LogP contribution in [0.15, 0.2) is 48.6 Å². The molecule has 0 spiro atoms. The van der Waals surface area contributed by atoms with Crippen molar-refractivity contribution in [1.29, 1.82) is 0 Å². The van der Waals surface area contributed by atoms with Gasteiger partial charge in [0.25, 0.3) is 5.91 Å². The Kier molecular flexibility index (Phi) is 9.80. The van der Waals surface area contributed by atoms with Crippen molar-refractivity contribution in [2.75, 3.05) is 24.6 Å². The number of hydrogen-bond acceptors (Lipinski definition) is 5. The van der Waals surface area contributed by atoms with Crippen LogP contribution in [-0.4, -0.2) is 46.3 Å². The number of fused-ring (bicyclic) bond motifs is 2. The van der Waals surface area contributed by atoms with Gasteiger partial charge >= 0.3 is 0 Å². The summed E-state index contributed by atoms with van der Waals surface area (Å²) in [5.41, 5.74) is 3.90.